The second-order valence-electron chi connectivity index (χ2n) is 8.87. The number of pyridine rings is 1. The monoisotopic (exact) mass is 522 g/mol. The molecule has 2 N–H and O–H groups in total. The van der Waals surface area contributed by atoms with Gasteiger partial charge in [-0.05, 0) is 48.7 Å². The summed E-state index contributed by atoms with van der Waals surface area (Å²) in [5.41, 5.74) is 2.04. The molecule has 1 amide bonds. The highest BCUT2D eigenvalue weighted by molar-refractivity contribution is 6.31. The van der Waals surface area contributed by atoms with Gasteiger partial charge in [-0.2, -0.15) is 0 Å². The molecule has 37 heavy (non-hydrogen) atoms. The zero-order chi connectivity index (χ0) is 26.7. The van der Waals surface area contributed by atoms with E-state index in [1.165, 1.54) is 7.11 Å². The normalized spacial score (nSPS) is 11.9. The molecule has 4 aromatic rings. The lowest BCUT2D eigenvalue weighted by atomic mass is 10.0. The van der Waals surface area contributed by atoms with Crippen molar-refractivity contribution in [2.24, 2.45) is 5.92 Å². The average molecular weight is 523 g/mol. The molecule has 0 saturated heterocycles. The van der Waals surface area contributed by atoms with Crippen molar-refractivity contribution in [1.29, 1.82) is 0 Å². The van der Waals surface area contributed by atoms with Crippen LogP contribution < -0.4 is 14.8 Å². The minimum atomic E-state index is -1.10. The number of nitrogens with one attached hydrogen (secondary N) is 1. The Balaban J connectivity index is 1.89. The van der Waals surface area contributed by atoms with Gasteiger partial charge in [0.1, 0.15) is 29.1 Å². The fourth-order valence-electron chi connectivity index (χ4n) is 4.09. The van der Waals surface area contributed by atoms with Gasteiger partial charge in [0.2, 0.25) is 0 Å². The Morgan fingerprint density at radius 3 is 2.57 bits per heavy atom. The number of halogens is 1. The van der Waals surface area contributed by atoms with E-state index in [1.54, 1.807) is 60.5 Å². The standard InChI is InChI=1S/C27H27ClN4O5/c1-15(2)11-21(27(34)35)31-26(33)22-14-32(23-9-10-29-20-12-16(28)5-7-18(20)23)25(30-22)19-8-6-17(36-3)13-24(19)37-4/h5-10,12-15,21H,11H2,1-4H3,(H,31,33)(H,34,35)/t21-/m0/s1. The summed E-state index contributed by atoms with van der Waals surface area (Å²) in [6, 6.07) is 11.4. The van der Waals surface area contributed by atoms with Crippen LogP contribution in [-0.4, -0.2) is 51.8 Å². The van der Waals surface area contributed by atoms with E-state index in [0.717, 1.165) is 5.39 Å². The summed E-state index contributed by atoms with van der Waals surface area (Å²) < 4.78 is 12.7. The number of fused-ring (bicyclic) bond motifs is 1. The number of carbonyl (C=O) groups excluding carboxylic acids is 1. The van der Waals surface area contributed by atoms with Gasteiger partial charge >= 0.3 is 5.97 Å². The maximum absolute atomic E-state index is 13.2. The first-order valence-electron chi connectivity index (χ1n) is 11.6. The number of rotatable bonds is 9. The lowest BCUT2D eigenvalue weighted by Crippen LogP contribution is -2.41. The van der Waals surface area contributed by atoms with E-state index in [-0.39, 0.29) is 18.0 Å². The minimum absolute atomic E-state index is 0.0572. The number of imidazole rings is 1. The highest BCUT2D eigenvalue weighted by Gasteiger charge is 2.25. The van der Waals surface area contributed by atoms with Crippen molar-refractivity contribution in [1.82, 2.24) is 19.9 Å². The number of ether oxygens (including phenoxy) is 2. The highest BCUT2D eigenvalue weighted by atomic mass is 35.5. The lowest BCUT2D eigenvalue weighted by molar-refractivity contribution is -0.139. The molecular formula is C27H27ClN4O5. The molecule has 2 aromatic heterocycles. The lowest BCUT2D eigenvalue weighted by Gasteiger charge is -2.15. The number of methoxy groups -OCH3 is 2. The van der Waals surface area contributed by atoms with Crippen molar-refractivity contribution in [3.63, 3.8) is 0 Å². The summed E-state index contributed by atoms with van der Waals surface area (Å²) in [4.78, 5) is 34.0. The summed E-state index contributed by atoms with van der Waals surface area (Å²) in [6.07, 6.45) is 3.51. The zero-order valence-corrected chi connectivity index (χ0v) is 21.6. The number of amides is 1. The molecule has 1 atom stereocenters. The van der Waals surface area contributed by atoms with E-state index in [9.17, 15) is 14.7 Å². The smallest absolute Gasteiger partial charge is 0.326 e. The molecule has 0 aliphatic rings. The molecule has 0 aliphatic carbocycles. The van der Waals surface area contributed by atoms with Crippen LogP contribution in [-0.2, 0) is 4.79 Å². The zero-order valence-electron chi connectivity index (χ0n) is 20.9. The van der Waals surface area contributed by atoms with Gasteiger partial charge in [0.15, 0.2) is 0 Å². The molecule has 0 fully saturated rings. The number of carboxylic acids is 1. The molecule has 2 aromatic carbocycles. The fraction of sp³-hybridized carbons (Fsp3) is 0.259. The number of hydrogen-bond acceptors (Lipinski definition) is 6. The molecule has 0 unspecified atom stereocenters. The van der Waals surface area contributed by atoms with Gasteiger partial charge in [0, 0.05) is 28.9 Å². The van der Waals surface area contributed by atoms with E-state index in [2.05, 4.69) is 15.3 Å². The van der Waals surface area contributed by atoms with Crippen LogP contribution in [0, 0.1) is 5.92 Å². The van der Waals surface area contributed by atoms with Crippen molar-refractivity contribution in [2.45, 2.75) is 26.3 Å². The third-order valence-electron chi connectivity index (χ3n) is 5.84. The van der Waals surface area contributed by atoms with E-state index in [1.807, 2.05) is 19.9 Å². The number of aliphatic carboxylic acids is 1. The van der Waals surface area contributed by atoms with Gasteiger partial charge in [-0.25, -0.2) is 9.78 Å². The minimum Gasteiger partial charge on any atom is -0.497 e. The molecule has 0 spiro atoms. The largest absolute Gasteiger partial charge is 0.497 e. The average Bonchev–Trinajstić information content (AvgIpc) is 3.32. The van der Waals surface area contributed by atoms with Crippen LogP contribution in [0.5, 0.6) is 11.5 Å². The first-order chi connectivity index (χ1) is 17.7. The first-order valence-corrected chi connectivity index (χ1v) is 12.0. The topological polar surface area (TPSA) is 116 Å². The molecule has 9 nitrogen and oxygen atoms in total. The number of carbonyl (C=O) groups is 2. The van der Waals surface area contributed by atoms with Gasteiger partial charge in [0.25, 0.3) is 5.91 Å². The molecule has 0 bridgehead atoms. The van der Waals surface area contributed by atoms with Crippen molar-refractivity contribution < 1.29 is 24.2 Å². The van der Waals surface area contributed by atoms with Crippen molar-refractivity contribution in [3.8, 4) is 28.6 Å². The summed E-state index contributed by atoms with van der Waals surface area (Å²) in [7, 11) is 3.09. The summed E-state index contributed by atoms with van der Waals surface area (Å²) >= 11 is 6.18. The number of nitrogens with zero attached hydrogens (tertiary/aromatic N) is 3. The molecule has 2 heterocycles. The SMILES string of the molecule is COc1ccc(-c2nc(C(=O)N[C@@H](CC(C)C)C(=O)O)cn2-c2ccnc3cc(Cl)ccc23)c(OC)c1. The number of carboxylic acid groups (broad SMARTS) is 1. The van der Waals surface area contributed by atoms with Gasteiger partial charge in [-0.15, -0.1) is 0 Å². The van der Waals surface area contributed by atoms with Crippen LogP contribution in [0.3, 0.4) is 0 Å². The Bertz CT molecular complexity index is 1470. The van der Waals surface area contributed by atoms with Crippen molar-refractivity contribution in [2.75, 3.05) is 14.2 Å². The Labute approximate surface area is 219 Å². The molecule has 10 heteroatoms. The molecule has 0 saturated carbocycles. The van der Waals surface area contributed by atoms with Gasteiger partial charge < -0.3 is 19.9 Å². The third kappa shape index (κ3) is 5.51. The van der Waals surface area contributed by atoms with E-state index < -0.39 is 17.9 Å². The third-order valence-corrected chi connectivity index (χ3v) is 6.08. The predicted molar refractivity (Wildman–Crippen MR) is 141 cm³/mol. The van der Waals surface area contributed by atoms with Crippen LogP contribution in [0.1, 0.15) is 30.8 Å². The number of aromatic nitrogens is 3. The second kappa shape index (κ2) is 10.9. The maximum Gasteiger partial charge on any atom is 0.326 e. The van der Waals surface area contributed by atoms with Crippen molar-refractivity contribution >= 4 is 34.4 Å². The second-order valence-corrected chi connectivity index (χ2v) is 9.31. The van der Waals surface area contributed by atoms with Crippen LogP contribution in [0.25, 0.3) is 28.0 Å². The van der Waals surface area contributed by atoms with Crippen LogP contribution >= 0.6 is 11.6 Å². The Morgan fingerprint density at radius 1 is 1.11 bits per heavy atom. The van der Waals surface area contributed by atoms with Crippen LogP contribution in [0.15, 0.2) is 54.9 Å². The highest BCUT2D eigenvalue weighted by Crippen LogP contribution is 2.35. The predicted octanol–water partition coefficient (Wildman–Crippen LogP) is 4.99. The Kier molecular flexibility index (Phi) is 7.63. The Morgan fingerprint density at radius 2 is 1.89 bits per heavy atom. The quantitative estimate of drug-likeness (QED) is 0.318. The molecule has 0 aliphatic heterocycles. The fourth-order valence-corrected chi connectivity index (χ4v) is 4.25. The molecular weight excluding hydrogens is 496 g/mol. The summed E-state index contributed by atoms with van der Waals surface area (Å²) in [5.74, 6) is -0.116. The Hall–Kier alpha value is -4.11. The van der Waals surface area contributed by atoms with Gasteiger partial charge in [-0.1, -0.05) is 25.4 Å². The van der Waals surface area contributed by atoms with Gasteiger partial charge in [-0.3, -0.25) is 14.3 Å². The molecule has 4 rings (SSSR count). The first kappa shape index (κ1) is 26.0. The molecule has 0 radical (unpaired) electrons. The molecule has 192 valence electrons. The van der Waals surface area contributed by atoms with E-state index >= 15 is 0 Å². The van der Waals surface area contributed by atoms with E-state index in [0.29, 0.717) is 39.1 Å². The summed E-state index contributed by atoms with van der Waals surface area (Å²) in [6.45, 7) is 3.79. The van der Waals surface area contributed by atoms with E-state index in [4.69, 9.17) is 21.1 Å². The number of hydrogen-bond donors (Lipinski definition) is 2. The van der Waals surface area contributed by atoms with Crippen molar-refractivity contribution in [3.05, 3.63) is 65.6 Å². The van der Waals surface area contributed by atoms with Crippen LogP contribution in [0.4, 0.5) is 0 Å². The summed E-state index contributed by atoms with van der Waals surface area (Å²) in [5, 5.41) is 13.5. The van der Waals surface area contributed by atoms with Crippen LogP contribution in [0.2, 0.25) is 5.02 Å². The maximum atomic E-state index is 13.2. The number of benzene rings is 2. The van der Waals surface area contributed by atoms with Gasteiger partial charge in [0.05, 0.1) is 31.0 Å².